The minimum atomic E-state index is 0.914. The smallest absolute Gasteiger partial charge is 0.0315 e. The third-order valence-corrected chi connectivity index (χ3v) is 1.75. The zero-order chi connectivity index (χ0) is 10.1. The molecule has 0 bridgehead atoms. The topological polar surface area (TPSA) is 24.9 Å². The highest BCUT2D eigenvalue weighted by atomic mass is 14.8. The molecule has 0 aliphatic rings. The van der Waals surface area contributed by atoms with E-state index in [-0.39, 0.29) is 0 Å². The van der Waals surface area contributed by atoms with Crippen molar-refractivity contribution in [1.29, 1.82) is 0 Å². The Morgan fingerprint density at radius 1 is 1.31 bits per heavy atom. The van der Waals surface area contributed by atoms with Crippen molar-refractivity contribution in [3.63, 3.8) is 0 Å². The number of pyridine rings is 1. The number of aryl methyl sites for hydroxylation is 1. The molecule has 0 aliphatic heterocycles. The third kappa shape index (κ3) is 4.04. The molecule has 0 aromatic carbocycles. The van der Waals surface area contributed by atoms with Crippen molar-refractivity contribution in [2.75, 3.05) is 7.05 Å². The normalized spacial score (nSPS) is 8.92. The van der Waals surface area contributed by atoms with Crippen LogP contribution in [-0.2, 0) is 13.0 Å². The average molecular weight is 180 g/mol. The van der Waals surface area contributed by atoms with Crippen LogP contribution in [0, 0.1) is 0 Å². The summed E-state index contributed by atoms with van der Waals surface area (Å²) in [7, 11) is 1.95. The Bertz CT molecular complexity index is 221. The summed E-state index contributed by atoms with van der Waals surface area (Å²) < 4.78 is 0. The van der Waals surface area contributed by atoms with Gasteiger partial charge in [-0.25, -0.2) is 0 Å². The molecule has 0 atom stereocenters. The second-order valence-electron chi connectivity index (χ2n) is 2.53. The lowest BCUT2D eigenvalue weighted by Crippen LogP contribution is -2.07. The second-order valence-corrected chi connectivity index (χ2v) is 2.53. The first kappa shape index (κ1) is 12.1. The zero-order valence-electron chi connectivity index (χ0n) is 9.09. The van der Waals surface area contributed by atoms with Crippen LogP contribution in [0.2, 0.25) is 0 Å². The molecular formula is C11H20N2. The third-order valence-electron chi connectivity index (χ3n) is 1.75. The van der Waals surface area contributed by atoms with Crippen LogP contribution < -0.4 is 5.32 Å². The van der Waals surface area contributed by atoms with Crippen molar-refractivity contribution in [3.8, 4) is 0 Å². The molecule has 2 heteroatoms. The lowest BCUT2D eigenvalue weighted by Gasteiger charge is -2.04. The van der Waals surface area contributed by atoms with Crippen molar-refractivity contribution in [2.45, 2.75) is 33.7 Å². The molecule has 0 fully saturated rings. The molecule has 0 saturated heterocycles. The van der Waals surface area contributed by atoms with Gasteiger partial charge in [0.2, 0.25) is 0 Å². The van der Waals surface area contributed by atoms with Gasteiger partial charge in [-0.15, -0.1) is 0 Å². The minimum Gasteiger partial charge on any atom is -0.316 e. The van der Waals surface area contributed by atoms with E-state index in [4.69, 9.17) is 0 Å². The molecule has 1 heterocycles. The highest BCUT2D eigenvalue weighted by Crippen LogP contribution is 2.06. The van der Waals surface area contributed by atoms with Gasteiger partial charge < -0.3 is 5.32 Å². The largest absolute Gasteiger partial charge is 0.316 e. The van der Waals surface area contributed by atoms with E-state index in [9.17, 15) is 0 Å². The Labute approximate surface area is 81.4 Å². The molecular weight excluding hydrogens is 160 g/mol. The highest BCUT2D eigenvalue weighted by molar-refractivity contribution is 5.22. The predicted octanol–water partition coefficient (Wildman–Crippen LogP) is 2.39. The molecule has 1 aromatic rings. The minimum absolute atomic E-state index is 0.914. The van der Waals surface area contributed by atoms with E-state index in [1.165, 1.54) is 11.1 Å². The van der Waals surface area contributed by atoms with E-state index < -0.39 is 0 Å². The van der Waals surface area contributed by atoms with E-state index >= 15 is 0 Å². The molecule has 13 heavy (non-hydrogen) atoms. The van der Waals surface area contributed by atoms with Crippen molar-refractivity contribution < 1.29 is 0 Å². The SMILES string of the molecule is CC.CCc1ccncc1CNC. The maximum atomic E-state index is 4.07. The van der Waals surface area contributed by atoms with Gasteiger partial charge >= 0.3 is 0 Å². The fourth-order valence-electron chi connectivity index (χ4n) is 1.15. The Morgan fingerprint density at radius 2 is 2.00 bits per heavy atom. The van der Waals surface area contributed by atoms with E-state index in [0.717, 1.165) is 13.0 Å². The van der Waals surface area contributed by atoms with Gasteiger partial charge in [-0.3, -0.25) is 4.98 Å². The summed E-state index contributed by atoms with van der Waals surface area (Å²) in [4.78, 5) is 4.07. The van der Waals surface area contributed by atoms with E-state index in [1.807, 2.05) is 33.3 Å². The summed E-state index contributed by atoms with van der Waals surface area (Å²) in [5, 5.41) is 3.12. The van der Waals surface area contributed by atoms with Crippen LogP contribution >= 0.6 is 0 Å². The lowest BCUT2D eigenvalue weighted by atomic mass is 10.1. The van der Waals surface area contributed by atoms with Gasteiger partial charge in [0, 0.05) is 18.9 Å². The Kier molecular flexibility index (Phi) is 7.21. The fraction of sp³-hybridized carbons (Fsp3) is 0.545. The van der Waals surface area contributed by atoms with Crippen molar-refractivity contribution in [2.24, 2.45) is 0 Å². The lowest BCUT2D eigenvalue weighted by molar-refractivity contribution is 0.800. The molecule has 0 amide bonds. The second kappa shape index (κ2) is 7.74. The van der Waals surface area contributed by atoms with Gasteiger partial charge in [-0.2, -0.15) is 0 Å². The highest BCUT2D eigenvalue weighted by Gasteiger charge is 1.96. The molecule has 0 radical (unpaired) electrons. The van der Waals surface area contributed by atoms with Crippen LogP contribution in [0.25, 0.3) is 0 Å². The van der Waals surface area contributed by atoms with E-state index in [0.29, 0.717) is 0 Å². The zero-order valence-corrected chi connectivity index (χ0v) is 9.09. The molecule has 1 rings (SSSR count). The fourth-order valence-corrected chi connectivity index (χ4v) is 1.15. The quantitative estimate of drug-likeness (QED) is 0.772. The number of nitrogens with one attached hydrogen (secondary N) is 1. The summed E-state index contributed by atoms with van der Waals surface area (Å²) in [6.45, 7) is 7.07. The number of hydrogen-bond donors (Lipinski definition) is 1. The maximum absolute atomic E-state index is 4.07. The molecule has 0 aliphatic carbocycles. The molecule has 74 valence electrons. The molecule has 1 N–H and O–H groups in total. The van der Waals surface area contributed by atoms with Gasteiger partial charge in [-0.05, 0) is 30.7 Å². The molecule has 2 nitrogen and oxygen atoms in total. The van der Waals surface area contributed by atoms with Crippen LogP contribution in [0.5, 0.6) is 0 Å². The van der Waals surface area contributed by atoms with Crippen LogP contribution in [0.1, 0.15) is 31.9 Å². The Morgan fingerprint density at radius 3 is 2.54 bits per heavy atom. The first-order valence-corrected chi connectivity index (χ1v) is 4.94. The molecule has 0 unspecified atom stereocenters. The van der Waals surface area contributed by atoms with Gasteiger partial charge in [-0.1, -0.05) is 20.8 Å². The molecule has 0 saturated carbocycles. The van der Waals surface area contributed by atoms with E-state index in [2.05, 4.69) is 23.3 Å². The summed E-state index contributed by atoms with van der Waals surface area (Å²) >= 11 is 0. The van der Waals surface area contributed by atoms with Gasteiger partial charge in [0.05, 0.1) is 0 Å². The summed E-state index contributed by atoms with van der Waals surface area (Å²) in [5.74, 6) is 0. The number of aromatic nitrogens is 1. The standard InChI is InChI=1S/C9H14N2.C2H6/c1-3-8-4-5-11-7-9(8)6-10-2;1-2/h4-5,7,10H,3,6H2,1-2H3;1-2H3. The van der Waals surface area contributed by atoms with Gasteiger partial charge in [0.1, 0.15) is 0 Å². The van der Waals surface area contributed by atoms with Crippen LogP contribution in [-0.4, -0.2) is 12.0 Å². The predicted molar refractivity (Wildman–Crippen MR) is 57.7 cm³/mol. The molecule has 1 aromatic heterocycles. The maximum Gasteiger partial charge on any atom is 0.0315 e. The summed E-state index contributed by atoms with van der Waals surface area (Å²) in [5.41, 5.74) is 2.69. The summed E-state index contributed by atoms with van der Waals surface area (Å²) in [6, 6.07) is 2.08. The van der Waals surface area contributed by atoms with Crippen LogP contribution in [0.15, 0.2) is 18.5 Å². The Hall–Kier alpha value is -0.890. The first-order valence-electron chi connectivity index (χ1n) is 4.94. The number of nitrogens with zero attached hydrogens (tertiary/aromatic N) is 1. The van der Waals surface area contributed by atoms with Gasteiger partial charge in [0.25, 0.3) is 0 Å². The van der Waals surface area contributed by atoms with Crippen molar-refractivity contribution in [1.82, 2.24) is 10.3 Å². The Balaban J connectivity index is 0.000000671. The molecule has 0 spiro atoms. The van der Waals surface area contributed by atoms with E-state index in [1.54, 1.807) is 0 Å². The number of hydrogen-bond acceptors (Lipinski definition) is 2. The monoisotopic (exact) mass is 180 g/mol. The van der Waals surface area contributed by atoms with Gasteiger partial charge in [0.15, 0.2) is 0 Å². The van der Waals surface area contributed by atoms with Crippen molar-refractivity contribution >= 4 is 0 Å². The summed E-state index contributed by atoms with van der Waals surface area (Å²) in [6.07, 6.45) is 4.85. The number of rotatable bonds is 3. The first-order chi connectivity index (χ1) is 6.38. The van der Waals surface area contributed by atoms with Crippen LogP contribution in [0.4, 0.5) is 0 Å². The van der Waals surface area contributed by atoms with Crippen molar-refractivity contribution in [3.05, 3.63) is 29.6 Å². The average Bonchev–Trinajstić information content (AvgIpc) is 2.22. The van der Waals surface area contributed by atoms with Crippen LogP contribution in [0.3, 0.4) is 0 Å².